The topological polar surface area (TPSA) is 45.2 Å². The lowest BCUT2D eigenvalue weighted by atomic mass is 9.84. The molecule has 1 aromatic heterocycles. The molecule has 0 radical (unpaired) electrons. The van der Waals surface area contributed by atoms with E-state index in [1.54, 1.807) is 11.3 Å². The smallest absolute Gasteiger partial charge is 0.223 e. The van der Waals surface area contributed by atoms with Crippen LogP contribution in [0.1, 0.15) is 37.0 Å². The van der Waals surface area contributed by atoms with Gasteiger partial charge in [0.2, 0.25) is 5.91 Å². The van der Waals surface area contributed by atoms with Gasteiger partial charge in [-0.3, -0.25) is 14.7 Å². The lowest BCUT2D eigenvalue weighted by Crippen LogP contribution is -2.47. The van der Waals surface area contributed by atoms with Gasteiger partial charge in [-0.1, -0.05) is 6.42 Å². The molecule has 0 unspecified atom stereocenters. The Morgan fingerprint density at radius 2 is 2.16 bits per heavy atom. The van der Waals surface area contributed by atoms with Crippen LogP contribution in [-0.2, 0) is 11.3 Å². The maximum Gasteiger partial charge on any atom is 0.223 e. The van der Waals surface area contributed by atoms with Crippen LogP contribution in [0.4, 0.5) is 0 Å². The van der Waals surface area contributed by atoms with E-state index in [0.29, 0.717) is 17.9 Å². The van der Waals surface area contributed by atoms with E-state index in [-0.39, 0.29) is 0 Å². The molecule has 104 valence electrons. The van der Waals surface area contributed by atoms with Crippen molar-refractivity contribution in [2.45, 2.75) is 44.7 Å². The van der Waals surface area contributed by atoms with Crippen molar-refractivity contribution < 1.29 is 4.79 Å². The molecule has 0 atom stereocenters. The molecular formula is C14H21N3OS. The van der Waals surface area contributed by atoms with Gasteiger partial charge < -0.3 is 5.32 Å². The molecule has 1 saturated heterocycles. The van der Waals surface area contributed by atoms with Gasteiger partial charge in [0, 0.05) is 42.7 Å². The minimum absolute atomic E-state index is 0.298. The summed E-state index contributed by atoms with van der Waals surface area (Å²) in [5, 5.41) is 3.22. The zero-order valence-corrected chi connectivity index (χ0v) is 12.0. The summed E-state index contributed by atoms with van der Waals surface area (Å²) in [5.41, 5.74) is 1.89. The molecule has 2 fully saturated rings. The first kappa shape index (κ1) is 13.1. The van der Waals surface area contributed by atoms with Crippen molar-refractivity contribution in [3.8, 4) is 0 Å². The van der Waals surface area contributed by atoms with Crippen molar-refractivity contribution >= 4 is 17.2 Å². The zero-order valence-electron chi connectivity index (χ0n) is 11.2. The van der Waals surface area contributed by atoms with E-state index in [2.05, 4.69) is 15.2 Å². The van der Waals surface area contributed by atoms with Crippen molar-refractivity contribution in [3.63, 3.8) is 0 Å². The summed E-state index contributed by atoms with van der Waals surface area (Å²) in [7, 11) is 0. The van der Waals surface area contributed by atoms with Crippen LogP contribution in [0.2, 0.25) is 0 Å². The van der Waals surface area contributed by atoms with Gasteiger partial charge in [0.25, 0.3) is 0 Å². The van der Waals surface area contributed by atoms with E-state index < -0.39 is 0 Å². The quantitative estimate of drug-likeness (QED) is 0.917. The summed E-state index contributed by atoms with van der Waals surface area (Å²) in [6.07, 6.45) is 7.53. The van der Waals surface area contributed by atoms with Crippen LogP contribution in [0.25, 0.3) is 0 Å². The SMILES string of the molecule is O=C(NC1CCN(Cc2cncs2)CC1)C1CCC1. The van der Waals surface area contributed by atoms with Crippen molar-refractivity contribution in [1.82, 2.24) is 15.2 Å². The van der Waals surface area contributed by atoms with Crippen LogP contribution >= 0.6 is 11.3 Å². The highest BCUT2D eigenvalue weighted by molar-refractivity contribution is 7.09. The fourth-order valence-electron chi connectivity index (χ4n) is 2.77. The Balaban J connectivity index is 1.40. The number of nitrogens with one attached hydrogen (secondary N) is 1. The van der Waals surface area contributed by atoms with Crippen molar-refractivity contribution in [2.24, 2.45) is 5.92 Å². The van der Waals surface area contributed by atoms with Gasteiger partial charge in [-0.05, 0) is 25.7 Å². The zero-order chi connectivity index (χ0) is 13.1. The Bertz CT molecular complexity index is 408. The third kappa shape index (κ3) is 3.34. The maximum absolute atomic E-state index is 11.9. The number of rotatable bonds is 4. The first-order valence-corrected chi connectivity index (χ1v) is 8.09. The number of carbonyl (C=O) groups excluding carboxylic acids is 1. The van der Waals surface area contributed by atoms with Crippen LogP contribution in [0, 0.1) is 5.92 Å². The predicted molar refractivity (Wildman–Crippen MR) is 75.9 cm³/mol. The van der Waals surface area contributed by atoms with Crippen molar-refractivity contribution in [3.05, 3.63) is 16.6 Å². The Labute approximate surface area is 118 Å². The predicted octanol–water partition coefficient (Wildman–Crippen LogP) is 2.02. The molecule has 0 aromatic carbocycles. The summed E-state index contributed by atoms with van der Waals surface area (Å²) < 4.78 is 0. The van der Waals surface area contributed by atoms with Gasteiger partial charge in [-0.25, -0.2) is 0 Å². The molecule has 0 bridgehead atoms. The second kappa shape index (κ2) is 6.01. The molecule has 1 N–H and O–H groups in total. The Hall–Kier alpha value is -0.940. The van der Waals surface area contributed by atoms with E-state index in [1.165, 1.54) is 11.3 Å². The highest BCUT2D eigenvalue weighted by Crippen LogP contribution is 2.27. The molecule has 5 heteroatoms. The Morgan fingerprint density at radius 3 is 2.74 bits per heavy atom. The van der Waals surface area contributed by atoms with E-state index in [9.17, 15) is 4.79 Å². The highest BCUT2D eigenvalue weighted by Gasteiger charge is 2.28. The van der Waals surface area contributed by atoms with E-state index >= 15 is 0 Å². The average Bonchev–Trinajstić information content (AvgIpc) is 2.82. The number of carbonyl (C=O) groups is 1. The molecule has 19 heavy (non-hydrogen) atoms. The standard InChI is InChI=1S/C14H21N3OS/c18-14(11-2-1-3-11)16-12-4-6-17(7-5-12)9-13-8-15-10-19-13/h8,10-12H,1-7,9H2,(H,16,18). The minimum Gasteiger partial charge on any atom is -0.353 e. The molecule has 1 amide bonds. The van der Waals surface area contributed by atoms with Crippen LogP contribution in [0.5, 0.6) is 0 Å². The number of nitrogens with zero attached hydrogens (tertiary/aromatic N) is 2. The number of amides is 1. The van der Waals surface area contributed by atoms with Crippen LogP contribution < -0.4 is 5.32 Å². The van der Waals surface area contributed by atoms with E-state index in [1.807, 2.05) is 11.7 Å². The van der Waals surface area contributed by atoms with Gasteiger partial charge in [0.15, 0.2) is 0 Å². The van der Waals surface area contributed by atoms with Crippen LogP contribution in [0.3, 0.4) is 0 Å². The van der Waals surface area contributed by atoms with Gasteiger partial charge in [0.05, 0.1) is 5.51 Å². The number of hydrogen-bond acceptors (Lipinski definition) is 4. The first-order valence-electron chi connectivity index (χ1n) is 7.21. The fraction of sp³-hybridized carbons (Fsp3) is 0.714. The Kier molecular flexibility index (Phi) is 4.13. The Morgan fingerprint density at radius 1 is 1.37 bits per heavy atom. The van der Waals surface area contributed by atoms with E-state index in [0.717, 1.165) is 45.3 Å². The summed E-state index contributed by atoms with van der Waals surface area (Å²) in [5.74, 6) is 0.613. The van der Waals surface area contributed by atoms with Crippen molar-refractivity contribution in [2.75, 3.05) is 13.1 Å². The van der Waals surface area contributed by atoms with E-state index in [4.69, 9.17) is 0 Å². The lowest BCUT2D eigenvalue weighted by molar-refractivity contribution is -0.128. The number of hydrogen-bond donors (Lipinski definition) is 1. The molecule has 3 rings (SSSR count). The molecule has 2 aliphatic rings. The van der Waals surface area contributed by atoms with Gasteiger partial charge >= 0.3 is 0 Å². The summed E-state index contributed by atoms with van der Waals surface area (Å²) in [4.78, 5) is 19.8. The van der Waals surface area contributed by atoms with Crippen molar-refractivity contribution in [1.29, 1.82) is 0 Å². The van der Waals surface area contributed by atoms with Gasteiger partial charge in [-0.2, -0.15) is 0 Å². The molecule has 4 nitrogen and oxygen atoms in total. The molecule has 2 heterocycles. The number of likely N-dealkylation sites (tertiary alicyclic amines) is 1. The van der Waals surface area contributed by atoms with Gasteiger partial charge in [0.1, 0.15) is 0 Å². The number of piperidine rings is 1. The third-order valence-electron chi connectivity index (χ3n) is 4.27. The molecule has 1 saturated carbocycles. The molecular weight excluding hydrogens is 258 g/mol. The summed E-state index contributed by atoms with van der Waals surface area (Å²) >= 11 is 1.72. The highest BCUT2D eigenvalue weighted by atomic mass is 32.1. The van der Waals surface area contributed by atoms with Crippen LogP contribution in [0.15, 0.2) is 11.7 Å². The third-order valence-corrected chi connectivity index (χ3v) is 5.04. The molecule has 1 aromatic rings. The monoisotopic (exact) mass is 279 g/mol. The minimum atomic E-state index is 0.298. The second-order valence-electron chi connectivity index (χ2n) is 5.65. The maximum atomic E-state index is 11.9. The lowest BCUT2D eigenvalue weighted by Gasteiger charge is -2.34. The largest absolute Gasteiger partial charge is 0.353 e. The molecule has 1 aliphatic carbocycles. The summed E-state index contributed by atoms with van der Waals surface area (Å²) in [6, 6.07) is 0.394. The first-order chi connectivity index (χ1) is 9.31. The molecule has 0 spiro atoms. The average molecular weight is 279 g/mol. The van der Waals surface area contributed by atoms with Gasteiger partial charge in [-0.15, -0.1) is 11.3 Å². The normalized spacial score (nSPS) is 22.1. The molecule has 1 aliphatic heterocycles. The number of thiazole rings is 1. The summed E-state index contributed by atoms with van der Waals surface area (Å²) in [6.45, 7) is 3.16. The second-order valence-corrected chi connectivity index (χ2v) is 6.63. The fourth-order valence-corrected chi connectivity index (χ4v) is 3.40. The number of aromatic nitrogens is 1. The van der Waals surface area contributed by atoms with Crippen LogP contribution in [-0.4, -0.2) is 34.9 Å².